The number of hydrogen-bond donors (Lipinski definition) is 1. The number of aromatic nitrogens is 3. The Morgan fingerprint density at radius 1 is 1.47 bits per heavy atom. The van der Waals surface area contributed by atoms with E-state index in [1.165, 1.54) is 12.1 Å². The normalized spacial score (nSPS) is 15.6. The van der Waals surface area contributed by atoms with Crippen LogP contribution in [-0.4, -0.2) is 27.7 Å². The Kier molecular flexibility index (Phi) is 2.44. The zero-order chi connectivity index (χ0) is 11.8. The number of hydrogen-bond acceptors (Lipinski definition) is 4. The zero-order valence-corrected chi connectivity index (χ0v) is 9.27. The van der Waals surface area contributed by atoms with E-state index in [9.17, 15) is 4.39 Å². The third kappa shape index (κ3) is 2.08. The van der Waals surface area contributed by atoms with Gasteiger partial charge in [-0.25, -0.2) is 9.07 Å². The molecule has 1 aliphatic carbocycles. The molecule has 1 fully saturated rings. The lowest BCUT2D eigenvalue weighted by molar-refractivity contribution is 0.110. The highest BCUT2D eigenvalue weighted by Crippen LogP contribution is 2.23. The lowest BCUT2D eigenvalue weighted by atomic mass is 10.2. The first-order valence-electron chi connectivity index (χ1n) is 5.64. The lowest BCUT2D eigenvalue weighted by Crippen LogP contribution is -2.08. The molecule has 0 atom stereocenters. The van der Waals surface area contributed by atoms with E-state index in [4.69, 9.17) is 10.5 Å². The van der Waals surface area contributed by atoms with Gasteiger partial charge in [0.1, 0.15) is 11.3 Å². The SMILES string of the molecule is Nc1cc2nnn(CCOC3CC3)c2cc1F. The average Bonchev–Trinajstić information content (AvgIpc) is 3.05. The number of ether oxygens (including phenoxy) is 1. The first-order chi connectivity index (χ1) is 8.24. The summed E-state index contributed by atoms with van der Waals surface area (Å²) in [7, 11) is 0. The number of nitrogen functional groups attached to an aromatic ring is 1. The monoisotopic (exact) mass is 236 g/mol. The van der Waals surface area contributed by atoms with Crippen LogP contribution in [0.3, 0.4) is 0 Å². The molecule has 0 radical (unpaired) electrons. The van der Waals surface area contributed by atoms with Crippen molar-refractivity contribution in [3.05, 3.63) is 17.9 Å². The van der Waals surface area contributed by atoms with E-state index in [1.54, 1.807) is 4.68 Å². The van der Waals surface area contributed by atoms with E-state index in [1.807, 2.05) is 0 Å². The smallest absolute Gasteiger partial charge is 0.148 e. The predicted octanol–water partition coefficient (Wildman–Crippen LogP) is 1.33. The molecule has 6 heteroatoms. The Labute approximate surface area is 97.3 Å². The maximum atomic E-state index is 13.3. The van der Waals surface area contributed by atoms with Gasteiger partial charge in [0.25, 0.3) is 0 Å². The molecule has 90 valence electrons. The molecule has 0 saturated heterocycles. The van der Waals surface area contributed by atoms with E-state index in [0.717, 1.165) is 12.8 Å². The molecule has 1 aromatic heterocycles. The highest BCUT2D eigenvalue weighted by molar-refractivity contribution is 5.78. The molecule has 0 unspecified atom stereocenters. The van der Waals surface area contributed by atoms with E-state index >= 15 is 0 Å². The molecule has 0 aliphatic heterocycles. The standard InChI is InChI=1S/C11H13FN4O/c12-8-5-11-10(6-9(8)13)14-15-16(11)3-4-17-7-1-2-7/h5-7H,1-4,13H2. The van der Waals surface area contributed by atoms with Crippen LogP contribution < -0.4 is 5.73 Å². The van der Waals surface area contributed by atoms with Gasteiger partial charge in [-0.2, -0.15) is 0 Å². The van der Waals surface area contributed by atoms with Gasteiger partial charge in [-0.15, -0.1) is 5.10 Å². The topological polar surface area (TPSA) is 66.0 Å². The Bertz CT molecular complexity index is 550. The quantitative estimate of drug-likeness (QED) is 0.813. The number of nitrogens with two attached hydrogens (primary N) is 1. The Morgan fingerprint density at radius 3 is 3.06 bits per heavy atom. The molecule has 1 aliphatic rings. The second kappa shape index (κ2) is 3.96. The third-order valence-electron chi connectivity index (χ3n) is 2.81. The summed E-state index contributed by atoms with van der Waals surface area (Å²) in [5, 5.41) is 7.90. The van der Waals surface area contributed by atoms with Crippen LogP contribution in [-0.2, 0) is 11.3 Å². The molecule has 0 amide bonds. The van der Waals surface area contributed by atoms with Crippen molar-refractivity contribution in [2.24, 2.45) is 0 Å². The summed E-state index contributed by atoms with van der Waals surface area (Å²) in [4.78, 5) is 0. The summed E-state index contributed by atoms with van der Waals surface area (Å²) in [5.74, 6) is -0.441. The number of anilines is 1. The van der Waals surface area contributed by atoms with Gasteiger partial charge in [-0.05, 0) is 18.9 Å². The summed E-state index contributed by atoms with van der Waals surface area (Å²) < 4.78 is 20.5. The van der Waals surface area contributed by atoms with Crippen LogP contribution in [0.15, 0.2) is 12.1 Å². The van der Waals surface area contributed by atoms with Crippen molar-refractivity contribution in [3.63, 3.8) is 0 Å². The van der Waals surface area contributed by atoms with Crippen molar-refractivity contribution in [1.29, 1.82) is 0 Å². The minimum atomic E-state index is -0.441. The predicted molar refractivity (Wildman–Crippen MR) is 60.9 cm³/mol. The summed E-state index contributed by atoms with van der Waals surface area (Å²) >= 11 is 0. The van der Waals surface area contributed by atoms with Crippen molar-refractivity contribution in [2.45, 2.75) is 25.5 Å². The number of halogens is 1. The largest absolute Gasteiger partial charge is 0.396 e. The summed E-state index contributed by atoms with van der Waals surface area (Å²) in [5.41, 5.74) is 6.82. The van der Waals surface area contributed by atoms with E-state index < -0.39 is 5.82 Å². The summed E-state index contributed by atoms with van der Waals surface area (Å²) in [6, 6.07) is 2.86. The Balaban J connectivity index is 1.80. The molecule has 5 nitrogen and oxygen atoms in total. The van der Waals surface area contributed by atoms with Crippen LogP contribution >= 0.6 is 0 Å². The molecule has 0 spiro atoms. The fourth-order valence-electron chi connectivity index (χ4n) is 1.71. The van der Waals surface area contributed by atoms with Gasteiger partial charge in [0.2, 0.25) is 0 Å². The number of fused-ring (bicyclic) bond motifs is 1. The van der Waals surface area contributed by atoms with Gasteiger partial charge in [0.05, 0.1) is 30.5 Å². The molecule has 2 N–H and O–H groups in total. The van der Waals surface area contributed by atoms with E-state index in [-0.39, 0.29) is 5.69 Å². The second-order valence-corrected chi connectivity index (χ2v) is 4.25. The van der Waals surface area contributed by atoms with E-state index in [2.05, 4.69) is 10.3 Å². The van der Waals surface area contributed by atoms with Gasteiger partial charge in [0.15, 0.2) is 0 Å². The molecule has 17 heavy (non-hydrogen) atoms. The Hall–Kier alpha value is -1.69. The maximum absolute atomic E-state index is 13.3. The van der Waals surface area contributed by atoms with Gasteiger partial charge in [0, 0.05) is 6.07 Å². The van der Waals surface area contributed by atoms with Crippen LogP contribution in [0.1, 0.15) is 12.8 Å². The van der Waals surface area contributed by atoms with Crippen molar-refractivity contribution in [1.82, 2.24) is 15.0 Å². The van der Waals surface area contributed by atoms with Crippen molar-refractivity contribution >= 4 is 16.7 Å². The fourth-order valence-corrected chi connectivity index (χ4v) is 1.71. The van der Waals surface area contributed by atoms with Crippen molar-refractivity contribution < 1.29 is 9.13 Å². The molecule has 0 bridgehead atoms. The van der Waals surface area contributed by atoms with Gasteiger partial charge in [-0.3, -0.25) is 0 Å². The molecule has 3 rings (SSSR count). The number of rotatable bonds is 4. The Morgan fingerprint density at radius 2 is 2.29 bits per heavy atom. The van der Waals surface area contributed by atoms with Gasteiger partial charge < -0.3 is 10.5 Å². The zero-order valence-electron chi connectivity index (χ0n) is 9.27. The molecular formula is C11H13FN4O. The minimum absolute atomic E-state index is 0.0961. The van der Waals surface area contributed by atoms with Gasteiger partial charge >= 0.3 is 0 Å². The number of benzene rings is 1. The second-order valence-electron chi connectivity index (χ2n) is 4.25. The molecule has 1 aromatic carbocycles. The van der Waals surface area contributed by atoms with Crippen LogP contribution in [0.25, 0.3) is 11.0 Å². The first-order valence-corrected chi connectivity index (χ1v) is 5.64. The van der Waals surface area contributed by atoms with Crippen molar-refractivity contribution in [3.8, 4) is 0 Å². The summed E-state index contributed by atoms with van der Waals surface area (Å²) in [6.45, 7) is 1.16. The highest BCUT2D eigenvalue weighted by Gasteiger charge is 2.21. The molecular weight excluding hydrogens is 223 g/mol. The van der Waals surface area contributed by atoms with Gasteiger partial charge in [-0.1, -0.05) is 5.21 Å². The highest BCUT2D eigenvalue weighted by atomic mass is 19.1. The van der Waals surface area contributed by atoms with Crippen LogP contribution in [0.2, 0.25) is 0 Å². The molecule has 1 saturated carbocycles. The molecule has 2 aromatic rings. The van der Waals surface area contributed by atoms with Crippen LogP contribution in [0.4, 0.5) is 10.1 Å². The van der Waals surface area contributed by atoms with Crippen LogP contribution in [0.5, 0.6) is 0 Å². The fraction of sp³-hybridized carbons (Fsp3) is 0.455. The number of nitrogens with zero attached hydrogens (tertiary/aromatic N) is 3. The average molecular weight is 236 g/mol. The lowest BCUT2D eigenvalue weighted by Gasteiger charge is -2.03. The maximum Gasteiger partial charge on any atom is 0.148 e. The third-order valence-corrected chi connectivity index (χ3v) is 2.81. The van der Waals surface area contributed by atoms with Crippen molar-refractivity contribution in [2.75, 3.05) is 12.3 Å². The summed E-state index contributed by atoms with van der Waals surface area (Å²) in [6.07, 6.45) is 2.70. The van der Waals surface area contributed by atoms with E-state index in [0.29, 0.717) is 30.3 Å². The molecule has 1 heterocycles. The first kappa shape index (κ1) is 10.5. The van der Waals surface area contributed by atoms with Crippen LogP contribution in [0, 0.1) is 5.82 Å². The minimum Gasteiger partial charge on any atom is -0.396 e.